The number of methoxy groups -OCH3 is 1. The van der Waals surface area contributed by atoms with Gasteiger partial charge in [0, 0.05) is 18.2 Å². The van der Waals surface area contributed by atoms with Crippen molar-refractivity contribution in [1.82, 2.24) is 9.55 Å². The molecule has 1 aromatic heterocycles. The van der Waals surface area contributed by atoms with E-state index < -0.39 is 5.97 Å². The Morgan fingerprint density at radius 3 is 2.78 bits per heavy atom. The number of imidazole rings is 1. The fraction of sp³-hybridized carbons (Fsp3) is 0.333. The summed E-state index contributed by atoms with van der Waals surface area (Å²) < 4.78 is 7.54. The number of rotatable bonds is 8. The van der Waals surface area contributed by atoms with Crippen LogP contribution in [0.1, 0.15) is 29.5 Å². The summed E-state index contributed by atoms with van der Waals surface area (Å²) in [5.74, 6) is 0.741. The van der Waals surface area contributed by atoms with Gasteiger partial charge in [0.1, 0.15) is 5.75 Å². The molecule has 2 aromatic carbocycles. The van der Waals surface area contributed by atoms with Crippen molar-refractivity contribution >= 4 is 28.8 Å². The quantitative estimate of drug-likeness (QED) is 0.452. The number of aliphatic carboxylic acids is 1. The Morgan fingerprint density at radius 1 is 1.22 bits per heavy atom. The van der Waals surface area contributed by atoms with Crippen LogP contribution in [0.3, 0.4) is 0 Å². The van der Waals surface area contributed by atoms with Crippen molar-refractivity contribution in [3.05, 3.63) is 53.1 Å². The van der Waals surface area contributed by atoms with Crippen molar-refractivity contribution in [2.75, 3.05) is 12.9 Å². The molecule has 0 saturated carbocycles. The number of carboxylic acids is 1. The highest BCUT2D eigenvalue weighted by Gasteiger charge is 2.14. The molecule has 0 bridgehead atoms. The van der Waals surface area contributed by atoms with Gasteiger partial charge in [-0.15, -0.1) is 0 Å². The molecule has 0 saturated heterocycles. The lowest BCUT2D eigenvalue weighted by atomic mass is 10.1. The molecule has 1 heterocycles. The molecule has 0 radical (unpaired) electrons. The largest absolute Gasteiger partial charge is 0.497 e. The molecule has 3 rings (SSSR count). The van der Waals surface area contributed by atoms with Crippen LogP contribution in [-0.4, -0.2) is 33.5 Å². The van der Waals surface area contributed by atoms with Crippen molar-refractivity contribution in [1.29, 1.82) is 0 Å². The molecule has 27 heavy (non-hydrogen) atoms. The van der Waals surface area contributed by atoms with Crippen molar-refractivity contribution in [3.8, 4) is 5.75 Å². The zero-order valence-electron chi connectivity index (χ0n) is 15.9. The average Bonchev–Trinajstić information content (AvgIpc) is 2.98. The topological polar surface area (TPSA) is 64.3 Å². The molecule has 0 aliphatic heterocycles. The second kappa shape index (κ2) is 8.48. The Balaban J connectivity index is 1.95. The minimum absolute atomic E-state index is 0.179. The monoisotopic (exact) mass is 384 g/mol. The van der Waals surface area contributed by atoms with Gasteiger partial charge in [-0.1, -0.05) is 35.5 Å². The van der Waals surface area contributed by atoms with E-state index >= 15 is 0 Å². The van der Waals surface area contributed by atoms with Crippen LogP contribution in [0.4, 0.5) is 0 Å². The molecule has 142 valence electrons. The molecule has 0 amide bonds. The summed E-state index contributed by atoms with van der Waals surface area (Å²) in [4.78, 5) is 15.5. The summed E-state index contributed by atoms with van der Waals surface area (Å²) in [6.45, 7) is 4.95. The Morgan fingerprint density at radius 2 is 2.04 bits per heavy atom. The van der Waals surface area contributed by atoms with Gasteiger partial charge in [-0.2, -0.15) is 0 Å². The van der Waals surface area contributed by atoms with Gasteiger partial charge in [-0.25, -0.2) is 4.98 Å². The molecule has 0 aliphatic carbocycles. The lowest BCUT2D eigenvalue weighted by Gasteiger charge is -2.12. The first-order valence-electron chi connectivity index (χ1n) is 8.93. The number of fused-ring (bicyclic) bond motifs is 1. The number of carboxylic acid groups (broad SMARTS) is 1. The molecule has 1 N–H and O–H groups in total. The van der Waals surface area contributed by atoms with E-state index in [0.29, 0.717) is 6.42 Å². The van der Waals surface area contributed by atoms with Gasteiger partial charge in [0.2, 0.25) is 0 Å². The summed E-state index contributed by atoms with van der Waals surface area (Å²) in [6.07, 6.45) is 0.800. The zero-order chi connectivity index (χ0) is 19.4. The summed E-state index contributed by atoms with van der Waals surface area (Å²) in [6, 6.07) is 12.4. The van der Waals surface area contributed by atoms with Crippen LogP contribution in [-0.2, 0) is 11.3 Å². The van der Waals surface area contributed by atoms with Crippen molar-refractivity contribution in [3.63, 3.8) is 0 Å². The molecule has 0 aliphatic rings. The highest BCUT2D eigenvalue weighted by Crippen LogP contribution is 2.29. The molecule has 0 fully saturated rings. The van der Waals surface area contributed by atoms with E-state index in [0.717, 1.165) is 34.2 Å². The number of aromatic nitrogens is 2. The molecule has 0 spiro atoms. The molecular weight excluding hydrogens is 360 g/mol. The van der Waals surface area contributed by atoms with Gasteiger partial charge in [-0.3, -0.25) is 4.79 Å². The smallest absolute Gasteiger partial charge is 0.303 e. The summed E-state index contributed by atoms with van der Waals surface area (Å²) in [5.41, 5.74) is 5.69. The first-order chi connectivity index (χ1) is 13.0. The van der Waals surface area contributed by atoms with E-state index in [-0.39, 0.29) is 6.42 Å². The van der Waals surface area contributed by atoms with Crippen LogP contribution in [0.5, 0.6) is 5.75 Å². The number of nitrogens with zero attached hydrogens (tertiary/aromatic N) is 2. The van der Waals surface area contributed by atoms with Crippen LogP contribution in [0.15, 0.2) is 41.6 Å². The standard InChI is InChI=1S/C21H24N2O3S/c1-14-6-7-15(2)16(11-14)13-23-19-9-8-17(26-3)12-18(19)22-21(23)27-10-4-5-20(24)25/h6-9,11-12H,4-5,10,13H2,1-3H3,(H,24,25). The summed E-state index contributed by atoms with van der Waals surface area (Å²) >= 11 is 1.61. The Bertz CT molecular complexity index is 965. The number of hydrogen-bond acceptors (Lipinski definition) is 4. The maximum Gasteiger partial charge on any atom is 0.303 e. The number of benzene rings is 2. The van der Waals surface area contributed by atoms with E-state index in [2.05, 4.69) is 36.6 Å². The van der Waals surface area contributed by atoms with Crippen LogP contribution in [0.2, 0.25) is 0 Å². The van der Waals surface area contributed by atoms with E-state index in [1.54, 1.807) is 18.9 Å². The van der Waals surface area contributed by atoms with Crippen molar-refractivity contribution in [2.45, 2.75) is 38.4 Å². The third-order valence-electron chi connectivity index (χ3n) is 4.52. The Kier molecular flexibility index (Phi) is 6.06. The van der Waals surface area contributed by atoms with E-state index in [9.17, 15) is 4.79 Å². The van der Waals surface area contributed by atoms with Gasteiger partial charge in [0.25, 0.3) is 0 Å². The lowest BCUT2D eigenvalue weighted by Crippen LogP contribution is -2.04. The highest BCUT2D eigenvalue weighted by molar-refractivity contribution is 7.99. The van der Waals surface area contributed by atoms with Crippen LogP contribution >= 0.6 is 11.8 Å². The number of carbonyl (C=O) groups is 1. The predicted octanol–water partition coefficient (Wildman–Crippen LogP) is 4.67. The molecule has 3 aromatic rings. The third-order valence-corrected chi connectivity index (χ3v) is 5.58. The molecule has 0 atom stereocenters. The van der Waals surface area contributed by atoms with Crippen molar-refractivity contribution < 1.29 is 14.6 Å². The maximum atomic E-state index is 10.8. The normalized spacial score (nSPS) is 11.1. The summed E-state index contributed by atoms with van der Waals surface area (Å²) in [7, 11) is 1.65. The van der Waals surface area contributed by atoms with Crippen molar-refractivity contribution in [2.24, 2.45) is 0 Å². The fourth-order valence-electron chi connectivity index (χ4n) is 3.01. The number of ether oxygens (including phenoxy) is 1. The maximum absolute atomic E-state index is 10.8. The first-order valence-corrected chi connectivity index (χ1v) is 9.91. The molecule has 6 heteroatoms. The second-order valence-corrected chi connectivity index (χ2v) is 7.67. The van der Waals surface area contributed by atoms with Crippen LogP contribution in [0.25, 0.3) is 11.0 Å². The number of aryl methyl sites for hydroxylation is 2. The van der Waals surface area contributed by atoms with E-state index in [4.69, 9.17) is 14.8 Å². The van der Waals surface area contributed by atoms with Crippen LogP contribution < -0.4 is 4.74 Å². The zero-order valence-corrected chi connectivity index (χ0v) is 16.7. The Labute approximate surface area is 163 Å². The lowest BCUT2D eigenvalue weighted by molar-refractivity contribution is -0.137. The highest BCUT2D eigenvalue weighted by atomic mass is 32.2. The average molecular weight is 385 g/mol. The second-order valence-electron chi connectivity index (χ2n) is 6.61. The van der Waals surface area contributed by atoms with Gasteiger partial charge in [0.05, 0.1) is 24.7 Å². The fourth-order valence-corrected chi connectivity index (χ4v) is 3.96. The number of hydrogen-bond donors (Lipinski definition) is 1. The first kappa shape index (κ1) is 19.3. The SMILES string of the molecule is COc1ccc2c(c1)nc(SCCCC(=O)O)n2Cc1cc(C)ccc1C. The van der Waals surface area contributed by atoms with E-state index in [1.807, 2.05) is 18.2 Å². The van der Waals surface area contributed by atoms with Gasteiger partial charge in [-0.05, 0) is 43.5 Å². The van der Waals surface area contributed by atoms with Gasteiger partial charge < -0.3 is 14.4 Å². The predicted molar refractivity (Wildman–Crippen MR) is 109 cm³/mol. The minimum atomic E-state index is -0.760. The minimum Gasteiger partial charge on any atom is -0.497 e. The summed E-state index contributed by atoms with van der Waals surface area (Å²) in [5, 5.41) is 9.75. The molecular formula is C21H24N2O3S. The number of thioether (sulfide) groups is 1. The van der Waals surface area contributed by atoms with Gasteiger partial charge in [0.15, 0.2) is 5.16 Å². The van der Waals surface area contributed by atoms with Gasteiger partial charge >= 0.3 is 5.97 Å². The van der Waals surface area contributed by atoms with Crippen LogP contribution in [0, 0.1) is 13.8 Å². The van der Waals surface area contributed by atoms with E-state index in [1.165, 1.54) is 16.7 Å². The third kappa shape index (κ3) is 4.63. The Hall–Kier alpha value is -2.47. The molecule has 5 nitrogen and oxygen atoms in total. The molecule has 0 unspecified atom stereocenters.